The summed E-state index contributed by atoms with van der Waals surface area (Å²) in [6, 6.07) is 43.7. The summed E-state index contributed by atoms with van der Waals surface area (Å²) < 4.78 is 1.22. The average Bonchev–Trinajstić information content (AvgIpc) is 3.76. The molecule has 1 aliphatic rings. The number of aromatic nitrogens is 3. The van der Waals surface area contributed by atoms with Crippen LogP contribution in [0, 0.1) is 24.5 Å². The minimum atomic E-state index is -0.386. The second-order valence-corrected chi connectivity index (χ2v) is 15.8. The summed E-state index contributed by atoms with van der Waals surface area (Å²) in [6.45, 7) is 9.06. The number of fused-ring (bicyclic) bond motifs is 3. The van der Waals surface area contributed by atoms with Gasteiger partial charge in [-0.15, -0.1) is 53.4 Å². The number of benzene rings is 4. The molecule has 3 nitrogen and oxygen atoms in total. The van der Waals surface area contributed by atoms with Crippen LogP contribution in [0.5, 0.6) is 0 Å². The van der Waals surface area contributed by atoms with Gasteiger partial charge in [0.15, 0.2) is 0 Å². The summed E-state index contributed by atoms with van der Waals surface area (Å²) in [5.41, 5.74) is 8.16. The fourth-order valence-electron chi connectivity index (χ4n) is 7.42. The molecule has 8 rings (SSSR count). The second-order valence-electron chi connectivity index (χ2n) is 14.5. The third kappa shape index (κ3) is 6.54. The van der Waals surface area contributed by atoms with E-state index < -0.39 is 0 Å². The van der Waals surface area contributed by atoms with Gasteiger partial charge in [0.25, 0.3) is 0 Å². The molecule has 0 saturated heterocycles. The first-order chi connectivity index (χ1) is 23.3. The van der Waals surface area contributed by atoms with Gasteiger partial charge in [-0.1, -0.05) is 111 Å². The zero-order valence-corrected chi connectivity index (χ0v) is 31.5. The number of thiophene rings is 1. The van der Waals surface area contributed by atoms with Crippen molar-refractivity contribution in [3.8, 4) is 33.8 Å². The molecule has 0 radical (unpaired) electrons. The van der Waals surface area contributed by atoms with E-state index in [-0.39, 0.29) is 31.9 Å². The molecule has 0 spiro atoms. The van der Waals surface area contributed by atoms with Crippen molar-refractivity contribution in [3.63, 3.8) is 0 Å². The predicted octanol–water partition coefficient (Wildman–Crippen LogP) is 11.6. The minimum Gasteiger partial charge on any atom is -0.300 e. The molecule has 0 atom stereocenters. The van der Waals surface area contributed by atoms with E-state index in [0.29, 0.717) is 0 Å². The largest absolute Gasteiger partial charge is 2.00 e. The van der Waals surface area contributed by atoms with Crippen molar-refractivity contribution in [2.45, 2.75) is 65.2 Å². The molecular formula is C44H39N3PtS. The van der Waals surface area contributed by atoms with Gasteiger partial charge in [0.1, 0.15) is 5.82 Å². The molecule has 0 amide bonds. The molecule has 4 aromatic carbocycles. The number of aryl methyl sites for hydroxylation is 1. The van der Waals surface area contributed by atoms with Crippen LogP contribution in [0.2, 0.25) is 0 Å². The Balaban J connectivity index is 0.00000378. The molecule has 3 aromatic heterocycles. The van der Waals surface area contributed by atoms with Gasteiger partial charge < -0.3 is 4.98 Å². The van der Waals surface area contributed by atoms with Gasteiger partial charge in [0, 0.05) is 11.4 Å². The molecule has 1 aliphatic carbocycles. The quantitative estimate of drug-likeness (QED) is 0.157. The van der Waals surface area contributed by atoms with E-state index in [0.717, 1.165) is 82.8 Å². The van der Waals surface area contributed by atoms with Crippen molar-refractivity contribution >= 4 is 32.2 Å². The van der Waals surface area contributed by atoms with Crippen LogP contribution < -0.4 is 0 Å². The second kappa shape index (κ2) is 13.4. The summed E-state index contributed by atoms with van der Waals surface area (Å²) in [6.07, 6.45) is 5.18. The maximum absolute atomic E-state index is 5.51. The summed E-state index contributed by atoms with van der Waals surface area (Å²) in [4.78, 5) is 17.5. The van der Waals surface area contributed by atoms with E-state index in [9.17, 15) is 0 Å². The van der Waals surface area contributed by atoms with Crippen molar-refractivity contribution < 1.29 is 21.1 Å². The summed E-state index contributed by atoms with van der Waals surface area (Å²) in [5.74, 6) is 0.857. The molecular weight excluding hydrogens is 798 g/mol. The number of hydrogen-bond acceptors (Lipinski definition) is 4. The van der Waals surface area contributed by atoms with Crippen LogP contribution in [0.15, 0.2) is 103 Å². The van der Waals surface area contributed by atoms with Crippen LogP contribution in [-0.2, 0) is 32.9 Å². The molecule has 0 bridgehead atoms. The molecule has 5 heteroatoms. The fraction of sp³-hybridized carbons (Fsp3) is 0.250. The Morgan fingerprint density at radius 1 is 0.755 bits per heavy atom. The van der Waals surface area contributed by atoms with Crippen LogP contribution in [-0.4, -0.2) is 15.0 Å². The molecule has 0 N–H and O–H groups in total. The van der Waals surface area contributed by atoms with Crippen LogP contribution in [0.25, 0.3) is 54.6 Å². The molecule has 1 saturated carbocycles. The van der Waals surface area contributed by atoms with Gasteiger partial charge in [-0.2, -0.15) is 11.3 Å². The van der Waals surface area contributed by atoms with Crippen LogP contribution >= 0.6 is 11.3 Å². The van der Waals surface area contributed by atoms with E-state index in [2.05, 4.69) is 125 Å². The Hall–Kier alpha value is -3.98. The monoisotopic (exact) mass is 836 g/mol. The smallest absolute Gasteiger partial charge is 0.300 e. The van der Waals surface area contributed by atoms with E-state index in [1.54, 1.807) is 0 Å². The first-order valence-corrected chi connectivity index (χ1v) is 17.9. The Labute approximate surface area is 308 Å². The van der Waals surface area contributed by atoms with Crippen molar-refractivity contribution in [2.75, 3.05) is 0 Å². The summed E-state index contributed by atoms with van der Waals surface area (Å²) in [5, 5.41) is 3.60. The number of pyridine rings is 1. The van der Waals surface area contributed by atoms with Crippen molar-refractivity contribution in [3.05, 3.63) is 137 Å². The van der Waals surface area contributed by atoms with E-state index in [1.807, 2.05) is 29.5 Å². The molecule has 0 unspecified atom stereocenters. The van der Waals surface area contributed by atoms with Crippen molar-refractivity contribution in [2.24, 2.45) is 5.41 Å². The van der Waals surface area contributed by atoms with Gasteiger partial charge >= 0.3 is 21.1 Å². The molecule has 246 valence electrons. The normalized spacial score (nSPS) is 14.3. The van der Waals surface area contributed by atoms with Crippen molar-refractivity contribution in [1.82, 2.24) is 15.0 Å². The maximum Gasteiger partial charge on any atom is 2.00 e. The zero-order valence-electron chi connectivity index (χ0n) is 28.4. The standard InChI is InChI=1S/C44H39N3S.Pt/c1-29-25-35-34-16-9-8-15-33(34)26-36(41(35)48-29)39-27-38(32-21-19-30(20-22-32)28-43(2,3)4)46-42(47-39)44(23-10-11-24-44)40-18-12-17-37(45-40)31-13-6-5-7-14-31;/h5-9,12-13,15-22,25,27H,10-11,23-24,28H2,1-4H3;/q-2;+2. The molecule has 7 aromatic rings. The van der Waals surface area contributed by atoms with Crippen molar-refractivity contribution in [1.29, 1.82) is 0 Å². The molecule has 0 aliphatic heterocycles. The first-order valence-electron chi connectivity index (χ1n) is 17.0. The van der Waals surface area contributed by atoms with Crippen LogP contribution in [0.3, 0.4) is 0 Å². The number of nitrogens with zero attached hydrogens (tertiary/aromatic N) is 3. The van der Waals surface area contributed by atoms with Gasteiger partial charge in [-0.25, -0.2) is 4.98 Å². The minimum absolute atomic E-state index is 0. The Bertz CT molecular complexity index is 2260. The van der Waals surface area contributed by atoms with Gasteiger partial charge in [0.2, 0.25) is 0 Å². The summed E-state index contributed by atoms with van der Waals surface area (Å²) >= 11 is 1.82. The number of rotatable bonds is 6. The zero-order chi connectivity index (χ0) is 32.9. The Kier molecular flexibility index (Phi) is 9.15. The Morgan fingerprint density at radius 3 is 2.27 bits per heavy atom. The summed E-state index contributed by atoms with van der Waals surface area (Å²) in [7, 11) is 0. The van der Waals surface area contributed by atoms with Crippen LogP contribution in [0.1, 0.15) is 68.4 Å². The third-order valence-corrected chi connectivity index (χ3v) is 10.7. The topological polar surface area (TPSA) is 38.7 Å². The van der Waals surface area contributed by atoms with E-state index in [1.165, 1.54) is 25.9 Å². The molecule has 3 heterocycles. The van der Waals surface area contributed by atoms with Gasteiger partial charge in [-0.05, 0) is 70.1 Å². The van der Waals surface area contributed by atoms with E-state index >= 15 is 0 Å². The van der Waals surface area contributed by atoms with Crippen LogP contribution in [0.4, 0.5) is 0 Å². The SMILES string of the molecule is Cc1cc2c(s1)c(-c1cc(-c3ccc(CC(C)(C)C)cc3)nc(C3(c4cccc(-c5[c-]cccc5)n4)CCCC3)n1)[c-]c1ccccc12.[Pt+2]. The fourth-order valence-corrected chi connectivity index (χ4v) is 8.45. The third-order valence-electron chi connectivity index (χ3n) is 9.64. The Morgan fingerprint density at radius 2 is 1.51 bits per heavy atom. The maximum atomic E-state index is 5.51. The average molecular weight is 837 g/mol. The van der Waals surface area contributed by atoms with Gasteiger partial charge in [0.05, 0.1) is 11.1 Å². The first kappa shape index (κ1) is 33.5. The predicted molar refractivity (Wildman–Crippen MR) is 200 cm³/mol. The van der Waals surface area contributed by atoms with E-state index in [4.69, 9.17) is 15.0 Å². The van der Waals surface area contributed by atoms with Gasteiger partial charge in [-0.3, -0.25) is 4.98 Å². The molecule has 49 heavy (non-hydrogen) atoms. The number of hydrogen-bond donors (Lipinski definition) is 0. The molecule has 1 fully saturated rings.